The lowest BCUT2D eigenvalue weighted by Gasteiger charge is -2.26. The van der Waals surface area contributed by atoms with Gasteiger partial charge < -0.3 is 15.4 Å². The Morgan fingerprint density at radius 1 is 1.24 bits per heavy atom. The van der Waals surface area contributed by atoms with E-state index >= 15 is 0 Å². The van der Waals surface area contributed by atoms with Gasteiger partial charge in [-0.15, -0.1) is 0 Å². The molecule has 0 fully saturated rings. The van der Waals surface area contributed by atoms with E-state index in [-0.39, 0.29) is 18.2 Å². The summed E-state index contributed by atoms with van der Waals surface area (Å²) in [6.07, 6.45) is 1.14. The number of carbonyl (C=O) groups excluding carboxylic acids is 1. The van der Waals surface area contributed by atoms with Gasteiger partial charge in [0.25, 0.3) is 0 Å². The lowest BCUT2D eigenvalue weighted by Crippen LogP contribution is -2.48. The third-order valence-electron chi connectivity index (χ3n) is 2.87. The van der Waals surface area contributed by atoms with Gasteiger partial charge in [0.2, 0.25) is 5.91 Å². The fraction of sp³-hybridized carbons (Fsp3) is 0.500. The van der Waals surface area contributed by atoms with Gasteiger partial charge in [-0.25, -0.2) is 8.42 Å². The van der Waals surface area contributed by atoms with Gasteiger partial charge in [-0.05, 0) is 38.1 Å². The standard InChI is InChI=1S/C14H22N2O4S/c1-14(2,13(17)15-9-10-21(4,18)19)16-11-5-7-12(20-3)8-6-11/h5-8,16H,9-10H2,1-4H3,(H,15,17). The molecule has 0 radical (unpaired) electrons. The molecule has 0 spiro atoms. The number of nitrogens with one attached hydrogen (secondary N) is 2. The maximum absolute atomic E-state index is 12.1. The second kappa shape index (κ2) is 6.80. The predicted octanol–water partition coefficient (Wildman–Crippen LogP) is 1.05. The van der Waals surface area contributed by atoms with Gasteiger partial charge in [-0.2, -0.15) is 0 Å². The molecular weight excluding hydrogens is 292 g/mol. The molecule has 21 heavy (non-hydrogen) atoms. The highest BCUT2D eigenvalue weighted by molar-refractivity contribution is 7.90. The minimum absolute atomic E-state index is 0.0721. The largest absolute Gasteiger partial charge is 0.497 e. The van der Waals surface area contributed by atoms with Gasteiger partial charge in [0.05, 0.1) is 12.9 Å². The van der Waals surface area contributed by atoms with E-state index in [9.17, 15) is 13.2 Å². The van der Waals surface area contributed by atoms with Crippen molar-refractivity contribution in [2.24, 2.45) is 0 Å². The highest BCUT2D eigenvalue weighted by atomic mass is 32.2. The van der Waals surface area contributed by atoms with Crippen LogP contribution in [0, 0.1) is 0 Å². The summed E-state index contributed by atoms with van der Waals surface area (Å²) in [6.45, 7) is 3.56. The van der Waals surface area contributed by atoms with Crippen molar-refractivity contribution in [3.63, 3.8) is 0 Å². The first kappa shape index (κ1) is 17.3. The molecule has 0 atom stereocenters. The normalized spacial score (nSPS) is 11.8. The van der Waals surface area contributed by atoms with Gasteiger partial charge in [-0.3, -0.25) is 4.79 Å². The molecule has 7 heteroatoms. The Morgan fingerprint density at radius 3 is 2.29 bits per heavy atom. The smallest absolute Gasteiger partial charge is 0.245 e. The number of sulfone groups is 1. The SMILES string of the molecule is COc1ccc(NC(C)(C)C(=O)NCCS(C)(=O)=O)cc1. The monoisotopic (exact) mass is 314 g/mol. The Kier molecular flexibility index (Phi) is 5.60. The van der Waals surface area contributed by atoms with Crippen molar-refractivity contribution in [3.05, 3.63) is 24.3 Å². The van der Waals surface area contributed by atoms with Gasteiger partial charge in [0.1, 0.15) is 21.1 Å². The van der Waals surface area contributed by atoms with E-state index in [4.69, 9.17) is 4.74 Å². The molecule has 0 aromatic heterocycles. The summed E-state index contributed by atoms with van der Waals surface area (Å²) in [6, 6.07) is 7.20. The summed E-state index contributed by atoms with van der Waals surface area (Å²) in [5.41, 5.74) is -0.0782. The summed E-state index contributed by atoms with van der Waals surface area (Å²) in [4.78, 5) is 12.1. The first-order valence-electron chi connectivity index (χ1n) is 6.52. The van der Waals surface area contributed by atoms with Crippen molar-refractivity contribution in [2.45, 2.75) is 19.4 Å². The molecule has 0 bridgehead atoms. The van der Waals surface area contributed by atoms with Crippen LogP contribution < -0.4 is 15.4 Å². The molecule has 0 saturated heterocycles. The van der Waals surface area contributed by atoms with E-state index in [1.54, 1.807) is 33.1 Å². The molecule has 2 N–H and O–H groups in total. The fourth-order valence-electron chi connectivity index (χ4n) is 1.66. The molecule has 1 aromatic rings. The molecule has 0 aliphatic carbocycles. The van der Waals surface area contributed by atoms with E-state index in [1.165, 1.54) is 0 Å². The molecule has 0 aliphatic heterocycles. The number of carbonyl (C=O) groups is 1. The first-order valence-corrected chi connectivity index (χ1v) is 8.58. The summed E-state index contributed by atoms with van der Waals surface area (Å²) >= 11 is 0. The average molecular weight is 314 g/mol. The molecule has 118 valence electrons. The van der Waals surface area contributed by atoms with Crippen LogP contribution in [0.3, 0.4) is 0 Å². The fourth-order valence-corrected chi connectivity index (χ4v) is 2.14. The quantitative estimate of drug-likeness (QED) is 0.786. The molecule has 0 aliphatic rings. The molecule has 0 saturated carbocycles. The maximum Gasteiger partial charge on any atom is 0.245 e. The number of rotatable bonds is 7. The molecular formula is C14H22N2O4S. The molecule has 6 nitrogen and oxygen atoms in total. The third-order valence-corrected chi connectivity index (χ3v) is 3.82. The zero-order valence-electron chi connectivity index (χ0n) is 12.8. The molecule has 1 rings (SSSR count). The minimum Gasteiger partial charge on any atom is -0.497 e. The van der Waals surface area contributed by atoms with Crippen molar-refractivity contribution in [3.8, 4) is 5.75 Å². The lowest BCUT2D eigenvalue weighted by molar-refractivity contribution is -0.124. The number of hydrogen-bond acceptors (Lipinski definition) is 5. The Balaban J connectivity index is 2.60. The Morgan fingerprint density at radius 2 is 1.81 bits per heavy atom. The van der Waals surface area contributed by atoms with E-state index < -0.39 is 15.4 Å². The summed E-state index contributed by atoms with van der Waals surface area (Å²) < 4.78 is 27.1. The zero-order valence-corrected chi connectivity index (χ0v) is 13.6. The average Bonchev–Trinajstić information content (AvgIpc) is 2.37. The Labute approximate surface area is 125 Å². The van der Waals surface area contributed by atoms with Crippen LogP contribution in [0.25, 0.3) is 0 Å². The molecule has 1 amide bonds. The number of anilines is 1. The van der Waals surface area contributed by atoms with Crippen molar-refractivity contribution in [1.29, 1.82) is 0 Å². The summed E-state index contributed by atoms with van der Waals surface area (Å²) in [7, 11) is -1.50. The summed E-state index contributed by atoms with van der Waals surface area (Å²) in [5.74, 6) is 0.398. The van der Waals surface area contributed by atoms with E-state index in [2.05, 4.69) is 10.6 Å². The van der Waals surface area contributed by atoms with Gasteiger partial charge in [-0.1, -0.05) is 0 Å². The van der Waals surface area contributed by atoms with Crippen molar-refractivity contribution in [2.75, 3.05) is 31.0 Å². The molecule has 1 aromatic carbocycles. The minimum atomic E-state index is -3.08. The first-order chi connectivity index (χ1) is 9.64. The van der Waals surface area contributed by atoms with Crippen LogP contribution in [0.15, 0.2) is 24.3 Å². The number of amides is 1. The van der Waals surface area contributed by atoms with Gasteiger partial charge in [0.15, 0.2) is 0 Å². The van der Waals surface area contributed by atoms with Crippen LogP contribution >= 0.6 is 0 Å². The van der Waals surface area contributed by atoms with Crippen LogP contribution in [0.2, 0.25) is 0 Å². The maximum atomic E-state index is 12.1. The number of benzene rings is 1. The van der Waals surface area contributed by atoms with Crippen molar-refractivity contribution in [1.82, 2.24) is 5.32 Å². The Bertz CT molecular complexity index is 579. The highest BCUT2D eigenvalue weighted by Crippen LogP contribution is 2.19. The number of hydrogen-bond donors (Lipinski definition) is 2. The van der Waals surface area contributed by atoms with Crippen molar-refractivity contribution < 1.29 is 17.9 Å². The van der Waals surface area contributed by atoms with Crippen LogP contribution in [0.4, 0.5) is 5.69 Å². The van der Waals surface area contributed by atoms with E-state index in [0.717, 1.165) is 17.7 Å². The number of ether oxygens (including phenoxy) is 1. The summed E-state index contributed by atoms with van der Waals surface area (Å²) in [5, 5.41) is 5.72. The van der Waals surface area contributed by atoms with Crippen molar-refractivity contribution >= 4 is 21.4 Å². The lowest BCUT2D eigenvalue weighted by atomic mass is 10.0. The van der Waals surface area contributed by atoms with Gasteiger partial charge >= 0.3 is 0 Å². The second-order valence-corrected chi connectivity index (χ2v) is 7.62. The van der Waals surface area contributed by atoms with E-state index in [1.807, 2.05) is 12.1 Å². The highest BCUT2D eigenvalue weighted by Gasteiger charge is 2.27. The van der Waals surface area contributed by atoms with E-state index in [0.29, 0.717) is 0 Å². The topological polar surface area (TPSA) is 84.5 Å². The van der Waals surface area contributed by atoms with Crippen LogP contribution in [0.5, 0.6) is 5.75 Å². The van der Waals surface area contributed by atoms with Crippen LogP contribution in [-0.2, 0) is 14.6 Å². The zero-order chi connectivity index (χ0) is 16.1. The molecule has 0 unspecified atom stereocenters. The molecule has 0 heterocycles. The Hall–Kier alpha value is -1.76. The second-order valence-electron chi connectivity index (χ2n) is 5.36. The van der Waals surface area contributed by atoms with Crippen LogP contribution in [0.1, 0.15) is 13.8 Å². The third kappa shape index (κ3) is 6.03. The predicted molar refractivity (Wildman–Crippen MR) is 83.4 cm³/mol. The van der Waals surface area contributed by atoms with Gasteiger partial charge in [0, 0.05) is 18.5 Å². The van der Waals surface area contributed by atoms with Crippen LogP contribution in [-0.4, -0.2) is 45.5 Å². The number of methoxy groups -OCH3 is 1.